The normalized spacial score (nSPS) is 15.2. The standard InChI is InChI=1S/C20H14Cl2N2O5/c1-11-18(20(26)29-2)15(9-12-3-5-13(6-4-12)24(27)28)19(25)23(11)14-7-8-16(21)17(22)10-14/h3-10H,1-2H3/b15-9-. The second-order valence-electron chi connectivity index (χ2n) is 6.10. The lowest BCUT2D eigenvalue weighted by Gasteiger charge is -2.18. The number of halogens is 2. The number of hydrogen-bond donors (Lipinski definition) is 0. The molecule has 0 spiro atoms. The number of benzene rings is 2. The number of anilines is 1. The van der Waals surface area contributed by atoms with Crippen LogP contribution < -0.4 is 4.90 Å². The zero-order valence-corrected chi connectivity index (χ0v) is 16.8. The molecule has 0 radical (unpaired) electrons. The monoisotopic (exact) mass is 432 g/mol. The number of methoxy groups -OCH3 is 1. The highest BCUT2D eigenvalue weighted by Crippen LogP contribution is 2.37. The van der Waals surface area contributed by atoms with E-state index in [1.165, 1.54) is 48.4 Å². The van der Waals surface area contributed by atoms with Gasteiger partial charge in [0.1, 0.15) is 0 Å². The number of allylic oxidation sites excluding steroid dienone is 1. The summed E-state index contributed by atoms with van der Waals surface area (Å²) in [5.74, 6) is -1.13. The van der Waals surface area contributed by atoms with Crippen LogP contribution in [0.1, 0.15) is 12.5 Å². The average molecular weight is 433 g/mol. The molecule has 9 heteroatoms. The molecule has 3 rings (SSSR count). The molecule has 148 valence electrons. The molecule has 0 fully saturated rings. The molecular weight excluding hydrogens is 419 g/mol. The van der Waals surface area contributed by atoms with Crippen molar-refractivity contribution in [1.29, 1.82) is 0 Å². The minimum atomic E-state index is -0.674. The van der Waals surface area contributed by atoms with E-state index in [9.17, 15) is 19.7 Å². The number of ether oxygens (including phenoxy) is 1. The van der Waals surface area contributed by atoms with E-state index in [4.69, 9.17) is 27.9 Å². The fourth-order valence-electron chi connectivity index (χ4n) is 2.97. The van der Waals surface area contributed by atoms with E-state index in [0.717, 1.165) is 0 Å². The Hall–Kier alpha value is -3.16. The first-order chi connectivity index (χ1) is 13.7. The number of esters is 1. The molecule has 29 heavy (non-hydrogen) atoms. The SMILES string of the molecule is COC(=O)C1=C(C)N(c2ccc(Cl)c(Cl)c2)C(=O)/C1=C\c1ccc([N+](=O)[O-])cc1. The number of nitro groups is 1. The Morgan fingerprint density at radius 1 is 1.14 bits per heavy atom. The van der Waals surface area contributed by atoms with Gasteiger partial charge in [0.2, 0.25) is 0 Å². The third-order valence-electron chi connectivity index (χ3n) is 4.37. The van der Waals surface area contributed by atoms with Crippen LogP contribution in [-0.2, 0) is 14.3 Å². The van der Waals surface area contributed by atoms with Gasteiger partial charge in [-0.05, 0) is 48.9 Å². The number of nitrogens with zero attached hydrogens (tertiary/aromatic N) is 2. The molecule has 0 bridgehead atoms. The van der Waals surface area contributed by atoms with Crippen molar-refractivity contribution in [2.45, 2.75) is 6.92 Å². The summed E-state index contributed by atoms with van der Waals surface area (Å²) in [5.41, 5.74) is 1.45. The Bertz CT molecular complexity index is 1090. The van der Waals surface area contributed by atoms with Crippen LogP contribution in [-0.4, -0.2) is 23.9 Å². The Morgan fingerprint density at radius 2 is 1.79 bits per heavy atom. The van der Waals surface area contributed by atoms with Gasteiger partial charge >= 0.3 is 5.97 Å². The fourth-order valence-corrected chi connectivity index (χ4v) is 3.27. The fraction of sp³-hybridized carbons (Fsp3) is 0.100. The van der Waals surface area contributed by atoms with Gasteiger partial charge < -0.3 is 4.74 Å². The number of amides is 1. The van der Waals surface area contributed by atoms with Crippen molar-refractivity contribution in [2.24, 2.45) is 0 Å². The van der Waals surface area contributed by atoms with E-state index in [-0.39, 0.29) is 21.9 Å². The average Bonchev–Trinajstić information content (AvgIpc) is 2.94. The summed E-state index contributed by atoms with van der Waals surface area (Å²) in [7, 11) is 1.22. The van der Waals surface area contributed by atoms with Crippen molar-refractivity contribution in [3.8, 4) is 0 Å². The Labute approximate surface area is 175 Å². The van der Waals surface area contributed by atoms with E-state index in [1.54, 1.807) is 19.1 Å². The second kappa shape index (κ2) is 8.06. The van der Waals surface area contributed by atoms with Gasteiger partial charge in [-0.15, -0.1) is 0 Å². The molecule has 2 aromatic carbocycles. The summed E-state index contributed by atoms with van der Waals surface area (Å²) in [4.78, 5) is 37.2. The maximum absolute atomic E-state index is 13.1. The lowest BCUT2D eigenvalue weighted by molar-refractivity contribution is -0.384. The highest BCUT2D eigenvalue weighted by atomic mass is 35.5. The molecule has 1 aliphatic rings. The first-order valence-electron chi connectivity index (χ1n) is 8.29. The third-order valence-corrected chi connectivity index (χ3v) is 5.10. The van der Waals surface area contributed by atoms with Crippen molar-refractivity contribution in [3.63, 3.8) is 0 Å². The number of carbonyl (C=O) groups is 2. The van der Waals surface area contributed by atoms with Crippen LogP contribution in [0.3, 0.4) is 0 Å². The smallest absolute Gasteiger partial charge is 0.340 e. The van der Waals surface area contributed by atoms with E-state index in [1.807, 2.05) is 0 Å². The molecule has 0 aromatic heterocycles. The van der Waals surface area contributed by atoms with Gasteiger partial charge in [-0.1, -0.05) is 23.2 Å². The molecule has 7 nitrogen and oxygen atoms in total. The van der Waals surface area contributed by atoms with Gasteiger partial charge in [0.25, 0.3) is 11.6 Å². The largest absolute Gasteiger partial charge is 0.465 e. The summed E-state index contributed by atoms with van der Waals surface area (Å²) >= 11 is 12.0. The second-order valence-corrected chi connectivity index (χ2v) is 6.91. The van der Waals surface area contributed by atoms with Crippen LogP contribution in [0.15, 0.2) is 59.3 Å². The summed E-state index contributed by atoms with van der Waals surface area (Å²) in [6, 6.07) is 10.3. The van der Waals surface area contributed by atoms with Crippen LogP contribution in [0.5, 0.6) is 0 Å². The topological polar surface area (TPSA) is 89.8 Å². The van der Waals surface area contributed by atoms with Crippen molar-refractivity contribution in [3.05, 3.63) is 85.0 Å². The van der Waals surface area contributed by atoms with E-state index < -0.39 is 16.8 Å². The lowest BCUT2D eigenvalue weighted by atomic mass is 10.0. The molecule has 0 unspecified atom stereocenters. The van der Waals surface area contributed by atoms with Gasteiger partial charge in [-0.2, -0.15) is 0 Å². The van der Waals surface area contributed by atoms with Crippen LogP contribution in [0.25, 0.3) is 6.08 Å². The molecule has 0 N–H and O–H groups in total. The number of nitro benzene ring substituents is 1. The summed E-state index contributed by atoms with van der Waals surface area (Å²) in [6.45, 7) is 1.61. The molecule has 0 aliphatic carbocycles. The van der Waals surface area contributed by atoms with Crippen LogP contribution in [0, 0.1) is 10.1 Å². The molecule has 0 saturated heterocycles. The maximum atomic E-state index is 13.1. The van der Waals surface area contributed by atoms with Crippen LogP contribution in [0.4, 0.5) is 11.4 Å². The molecule has 0 atom stereocenters. The summed E-state index contributed by atoms with van der Waals surface area (Å²) in [6.07, 6.45) is 1.49. The van der Waals surface area contributed by atoms with Crippen molar-refractivity contribution in [1.82, 2.24) is 0 Å². The lowest BCUT2D eigenvalue weighted by Crippen LogP contribution is -2.24. The molecule has 1 heterocycles. The first kappa shape index (κ1) is 20.6. The highest BCUT2D eigenvalue weighted by molar-refractivity contribution is 6.42. The molecular formula is C20H14Cl2N2O5. The van der Waals surface area contributed by atoms with Gasteiger partial charge in [0, 0.05) is 17.8 Å². The minimum absolute atomic E-state index is 0.0813. The molecule has 0 saturated carbocycles. The Morgan fingerprint density at radius 3 is 2.34 bits per heavy atom. The van der Waals surface area contributed by atoms with Gasteiger partial charge in [0.15, 0.2) is 0 Å². The minimum Gasteiger partial charge on any atom is -0.465 e. The predicted octanol–water partition coefficient (Wildman–Crippen LogP) is 4.78. The predicted molar refractivity (Wildman–Crippen MR) is 110 cm³/mol. The van der Waals surface area contributed by atoms with Crippen molar-refractivity contribution < 1.29 is 19.2 Å². The molecule has 2 aromatic rings. The third kappa shape index (κ3) is 3.87. The number of carbonyl (C=O) groups excluding carboxylic acids is 2. The Kier molecular flexibility index (Phi) is 5.72. The van der Waals surface area contributed by atoms with Gasteiger partial charge in [-0.25, -0.2) is 4.79 Å². The van der Waals surface area contributed by atoms with Crippen molar-refractivity contribution >= 4 is 52.5 Å². The van der Waals surface area contributed by atoms with Crippen LogP contribution in [0.2, 0.25) is 10.0 Å². The quantitative estimate of drug-likeness (QED) is 0.300. The Balaban J connectivity index is 2.11. The van der Waals surface area contributed by atoms with Crippen molar-refractivity contribution in [2.75, 3.05) is 12.0 Å². The zero-order chi connectivity index (χ0) is 21.3. The zero-order valence-electron chi connectivity index (χ0n) is 15.3. The van der Waals surface area contributed by atoms with E-state index in [0.29, 0.717) is 22.0 Å². The van der Waals surface area contributed by atoms with Crippen LogP contribution >= 0.6 is 23.2 Å². The molecule has 1 amide bonds. The number of hydrogen-bond acceptors (Lipinski definition) is 5. The molecule has 1 aliphatic heterocycles. The van der Waals surface area contributed by atoms with E-state index in [2.05, 4.69) is 0 Å². The van der Waals surface area contributed by atoms with Gasteiger partial charge in [-0.3, -0.25) is 19.8 Å². The maximum Gasteiger partial charge on any atom is 0.340 e. The number of non-ortho nitro benzene ring substituents is 1. The summed E-state index contributed by atoms with van der Waals surface area (Å²) in [5, 5.41) is 11.4. The van der Waals surface area contributed by atoms with Gasteiger partial charge in [0.05, 0.1) is 38.9 Å². The summed E-state index contributed by atoms with van der Waals surface area (Å²) < 4.78 is 4.85. The highest BCUT2D eigenvalue weighted by Gasteiger charge is 2.38. The number of rotatable bonds is 4. The first-order valence-corrected chi connectivity index (χ1v) is 9.05. The van der Waals surface area contributed by atoms with E-state index >= 15 is 0 Å².